The zero-order chi connectivity index (χ0) is 11.8. The third-order valence-corrected chi connectivity index (χ3v) is 3.06. The van der Waals surface area contributed by atoms with Crippen LogP contribution in [0.15, 0.2) is 18.2 Å². The average molecular weight is 219 g/mol. The van der Waals surface area contributed by atoms with Crippen LogP contribution in [-0.2, 0) is 13.0 Å². The summed E-state index contributed by atoms with van der Waals surface area (Å²) < 4.78 is 0. The monoisotopic (exact) mass is 219 g/mol. The molecule has 0 bridgehead atoms. The van der Waals surface area contributed by atoms with Gasteiger partial charge in [0.05, 0.1) is 5.60 Å². The largest absolute Gasteiger partial charge is 0.389 e. The molecule has 0 fully saturated rings. The summed E-state index contributed by atoms with van der Waals surface area (Å²) in [5.74, 6) is 0. The molecule has 88 valence electrons. The summed E-state index contributed by atoms with van der Waals surface area (Å²) in [6.45, 7) is 8.67. The van der Waals surface area contributed by atoms with Crippen molar-refractivity contribution in [2.45, 2.75) is 39.3 Å². The summed E-state index contributed by atoms with van der Waals surface area (Å²) in [7, 11) is 0. The first-order chi connectivity index (χ1) is 7.44. The van der Waals surface area contributed by atoms with Gasteiger partial charge in [-0.25, -0.2) is 0 Å². The lowest BCUT2D eigenvalue weighted by atomic mass is 9.96. The normalized spacial score (nSPS) is 17.2. The van der Waals surface area contributed by atoms with Crippen LogP contribution in [0.1, 0.15) is 30.5 Å². The summed E-state index contributed by atoms with van der Waals surface area (Å²) in [5, 5.41) is 9.82. The molecule has 1 aromatic carbocycles. The minimum Gasteiger partial charge on any atom is -0.389 e. The highest BCUT2D eigenvalue weighted by atomic mass is 16.3. The predicted octanol–water partition coefficient (Wildman–Crippen LogP) is 2.12. The summed E-state index contributed by atoms with van der Waals surface area (Å²) in [4.78, 5) is 2.33. The maximum Gasteiger partial charge on any atom is 0.0718 e. The van der Waals surface area contributed by atoms with Crippen LogP contribution in [-0.4, -0.2) is 28.7 Å². The number of aryl methyl sites for hydroxylation is 1. The third kappa shape index (κ3) is 2.83. The Hall–Kier alpha value is -0.860. The van der Waals surface area contributed by atoms with E-state index in [9.17, 15) is 5.11 Å². The van der Waals surface area contributed by atoms with E-state index in [-0.39, 0.29) is 0 Å². The molecule has 1 heterocycles. The third-order valence-electron chi connectivity index (χ3n) is 3.06. The Balaban J connectivity index is 2.09. The second-order valence-electron chi connectivity index (χ2n) is 5.55. The highest BCUT2D eigenvalue weighted by Crippen LogP contribution is 2.21. The molecule has 2 nitrogen and oxygen atoms in total. The number of hydrogen-bond donors (Lipinski definition) is 1. The Morgan fingerprint density at radius 3 is 2.75 bits per heavy atom. The lowest BCUT2D eigenvalue weighted by molar-refractivity contribution is 0.0318. The van der Waals surface area contributed by atoms with Crippen LogP contribution in [0.4, 0.5) is 0 Å². The molecule has 0 amide bonds. The van der Waals surface area contributed by atoms with E-state index >= 15 is 0 Å². The van der Waals surface area contributed by atoms with Gasteiger partial charge < -0.3 is 5.11 Å². The van der Waals surface area contributed by atoms with E-state index in [1.54, 1.807) is 0 Å². The highest BCUT2D eigenvalue weighted by molar-refractivity contribution is 5.33. The molecule has 1 N–H and O–H groups in total. The van der Waals surface area contributed by atoms with Crippen LogP contribution in [0.2, 0.25) is 0 Å². The minimum absolute atomic E-state index is 0.595. The predicted molar refractivity (Wildman–Crippen MR) is 66.5 cm³/mol. The van der Waals surface area contributed by atoms with Crippen molar-refractivity contribution in [3.05, 3.63) is 34.9 Å². The smallest absolute Gasteiger partial charge is 0.0718 e. The van der Waals surface area contributed by atoms with Gasteiger partial charge in [0.2, 0.25) is 0 Å². The zero-order valence-corrected chi connectivity index (χ0v) is 10.5. The standard InChI is InChI=1S/C14H21NO/c1-11-4-5-13-9-15(10-14(2,3)16)7-6-12(13)8-11/h4-5,8,16H,6-7,9-10H2,1-3H3. The maximum atomic E-state index is 9.82. The molecular formula is C14H21NO. The van der Waals surface area contributed by atoms with Crippen LogP contribution < -0.4 is 0 Å². The molecule has 0 aliphatic carbocycles. The van der Waals surface area contributed by atoms with Crippen LogP contribution in [0, 0.1) is 6.92 Å². The quantitative estimate of drug-likeness (QED) is 0.823. The molecule has 1 aromatic rings. The van der Waals surface area contributed by atoms with Crippen LogP contribution in [0.25, 0.3) is 0 Å². The topological polar surface area (TPSA) is 23.5 Å². The summed E-state index contributed by atoms with van der Waals surface area (Å²) >= 11 is 0. The van der Waals surface area contributed by atoms with Gasteiger partial charge in [0, 0.05) is 19.6 Å². The van der Waals surface area contributed by atoms with Crippen molar-refractivity contribution in [3.8, 4) is 0 Å². The van der Waals surface area contributed by atoms with E-state index in [1.807, 2.05) is 13.8 Å². The molecule has 2 heteroatoms. The average Bonchev–Trinajstić information content (AvgIpc) is 2.16. The number of β-amino-alcohol motifs (C(OH)–C–C–N with tert-alkyl or cyclic N) is 1. The SMILES string of the molecule is Cc1ccc2c(c1)CCN(CC(C)(C)O)C2. The molecule has 0 saturated heterocycles. The second-order valence-corrected chi connectivity index (χ2v) is 5.55. The van der Waals surface area contributed by atoms with Crippen molar-refractivity contribution in [1.82, 2.24) is 4.90 Å². The van der Waals surface area contributed by atoms with E-state index in [2.05, 4.69) is 30.0 Å². The Morgan fingerprint density at radius 1 is 1.31 bits per heavy atom. The molecule has 0 radical (unpaired) electrons. The van der Waals surface area contributed by atoms with Crippen molar-refractivity contribution >= 4 is 0 Å². The minimum atomic E-state index is -0.595. The number of rotatable bonds is 2. The van der Waals surface area contributed by atoms with Crippen LogP contribution >= 0.6 is 0 Å². The molecular weight excluding hydrogens is 198 g/mol. The van der Waals surface area contributed by atoms with Gasteiger partial charge in [-0.3, -0.25) is 4.90 Å². The maximum absolute atomic E-state index is 9.82. The Morgan fingerprint density at radius 2 is 2.06 bits per heavy atom. The molecule has 16 heavy (non-hydrogen) atoms. The lowest BCUT2D eigenvalue weighted by Crippen LogP contribution is -2.41. The second kappa shape index (κ2) is 4.19. The number of aliphatic hydroxyl groups is 1. The zero-order valence-electron chi connectivity index (χ0n) is 10.5. The van der Waals surface area contributed by atoms with Gasteiger partial charge in [-0.15, -0.1) is 0 Å². The van der Waals surface area contributed by atoms with Crippen LogP contribution in [0.3, 0.4) is 0 Å². The van der Waals surface area contributed by atoms with Gasteiger partial charge in [-0.05, 0) is 38.3 Å². The highest BCUT2D eigenvalue weighted by Gasteiger charge is 2.22. The van der Waals surface area contributed by atoms with Gasteiger partial charge >= 0.3 is 0 Å². The van der Waals surface area contributed by atoms with Gasteiger partial charge in [0.1, 0.15) is 0 Å². The van der Waals surface area contributed by atoms with Gasteiger partial charge in [-0.1, -0.05) is 23.8 Å². The van der Waals surface area contributed by atoms with E-state index in [0.717, 1.165) is 26.1 Å². The molecule has 1 aliphatic heterocycles. The number of hydrogen-bond acceptors (Lipinski definition) is 2. The van der Waals surface area contributed by atoms with Gasteiger partial charge in [0.15, 0.2) is 0 Å². The summed E-state index contributed by atoms with van der Waals surface area (Å²) in [6, 6.07) is 6.68. The van der Waals surface area contributed by atoms with Crippen molar-refractivity contribution in [3.63, 3.8) is 0 Å². The molecule has 0 atom stereocenters. The van der Waals surface area contributed by atoms with Crippen molar-refractivity contribution in [2.24, 2.45) is 0 Å². The molecule has 2 rings (SSSR count). The lowest BCUT2D eigenvalue weighted by Gasteiger charge is -2.33. The van der Waals surface area contributed by atoms with Crippen molar-refractivity contribution in [2.75, 3.05) is 13.1 Å². The van der Waals surface area contributed by atoms with E-state index in [0.29, 0.717) is 0 Å². The molecule has 0 aromatic heterocycles. The fourth-order valence-corrected chi connectivity index (χ4v) is 2.42. The first-order valence-electron chi connectivity index (χ1n) is 5.97. The van der Waals surface area contributed by atoms with Gasteiger partial charge in [-0.2, -0.15) is 0 Å². The van der Waals surface area contributed by atoms with Crippen molar-refractivity contribution in [1.29, 1.82) is 0 Å². The van der Waals surface area contributed by atoms with E-state index < -0.39 is 5.60 Å². The van der Waals surface area contributed by atoms with Gasteiger partial charge in [0.25, 0.3) is 0 Å². The summed E-state index contributed by atoms with van der Waals surface area (Å²) in [6.07, 6.45) is 1.10. The fraction of sp³-hybridized carbons (Fsp3) is 0.571. The van der Waals surface area contributed by atoms with Crippen LogP contribution in [0.5, 0.6) is 0 Å². The number of fused-ring (bicyclic) bond motifs is 1. The Bertz CT molecular complexity index is 379. The van der Waals surface area contributed by atoms with E-state index in [4.69, 9.17) is 0 Å². The number of benzene rings is 1. The fourth-order valence-electron chi connectivity index (χ4n) is 2.42. The molecule has 0 unspecified atom stereocenters. The Labute approximate surface area is 97.9 Å². The first-order valence-corrected chi connectivity index (χ1v) is 5.97. The first kappa shape index (κ1) is 11.6. The molecule has 0 saturated carbocycles. The number of nitrogens with zero attached hydrogens (tertiary/aromatic N) is 1. The molecule has 0 spiro atoms. The Kier molecular flexibility index (Phi) is 3.04. The summed E-state index contributed by atoms with van der Waals surface area (Å²) in [5.41, 5.74) is 3.64. The molecule has 1 aliphatic rings. The van der Waals surface area contributed by atoms with E-state index in [1.165, 1.54) is 16.7 Å². The van der Waals surface area contributed by atoms with Crippen molar-refractivity contribution < 1.29 is 5.11 Å².